The highest BCUT2D eigenvalue weighted by Crippen LogP contribution is 2.21. The average molecular weight is 501 g/mol. The highest BCUT2D eigenvalue weighted by molar-refractivity contribution is 6.05. The average Bonchev–Trinajstić information content (AvgIpc) is 3.36. The molecule has 192 valence electrons. The number of fused-ring (bicyclic) bond motifs is 1. The van der Waals surface area contributed by atoms with E-state index < -0.39 is 0 Å². The number of nitrogens with two attached hydrogens (primary N) is 1. The Morgan fingerprint density at radius 2 is 1.65 bits per heavy atom. The maximum atomic E-state index is 13.3. The molecular weight excluding hydrogens is 468 g/mol. The quantitative estimate of drug-likeness (QED) is 0.220. The van der Waals surface area contributed by atoms with Gasteiger partial charge < -0.3 is 25.1 Å². The second-order valence-corrected chi connectivity index (χ2v) is 8.58. The maximum Gasteiger partial charge on any atom is 0.290 e. The zero-order chi connectivity index (χ0) is 26.2. The van der Waals surface area contributed by atoms with E-state index >= 15 is 0 Å². The van der Waals surface area contributed by atoms with E-state index in [4.69, 9.17) is 14.9 Å². The van der Waals surface area contributed by atoms with Crippen molar-refractivity contribution < 1.29 is 18.7 Å². The monoisotopic (exact) mass is 500 g/mol. The number of nitrogen functional groups attached to an aromatic ring is 1. The van der Waals surface area contributed by atoms with Gasteiger partial charge in [-0.05, 0) is 61.6 Å². The molecule has 0 aliphatic heterocycles. The first-order valence-electron chi connectivity index (χ1n) is 12.4. The van der Waals surface area contributed by atoms with Crippen LogP contribution in [0.5, 0.6) is 5.75 Å². The number of rotatable bonds is 11. The molecule has 2 amide bonds. The number of hydrogen-bond donors (Lipinski definition) is 2. The Labute approximate surface area is 216 Å². The minimum absolute atomic E-state index is 0.182. The Bertz CT molecular complexity index is 1310. The lowest BCUT2D eigenvalue weighted by atomic mass is 10.2. The van der Waals surface area contributed by atoms with Crippen LogP contribution in [0.15, 0.2) is 83.3 Å². The molecule has 8 heteroatoms. The van der Waals surface area contributed by atoms with Crippen LogP contribution in [0.25, 0.3) is 11.0 Å². The lowest BCUT2D eigenvalue weighted by Crippen LogP contribution is -2.43. The Morgan fingerprint density at radius 1 is 0.946 bits per heavy atom. The van der Waals surface area contributed by atoms with Crippen molar-refractivity contribution in [2.45, 2.75) is 13.8 Å². The Kier molecular flexibility index (Phi) is 8.43. The molecule has 0 fully saturated rings. The molecule has 1 heterocycles. The van der Waals surface area contributed by atoms with E-state index in [1.54, 1.807) is 47.4 Å². The van der Waals surface area contributed by atoms with Crippen LogP contribution < -0.4 is 15.8 Å². The van der Waals surface area contributed by atoms with E-state index in [1.807, 2.05) is 36.4 Å². The first-order valence-corrected chi connectivity index (χ1v) is 12.4. The second-order valence-electron chi connectivity index (χ2n) is 8.58. The summed E-state index contributed by atoms with van der Waals surface area (Å²) in [7, 11) is 0. The summed E-state index contributed by atoms with van der Waals surface area (Å²) in [6.45, 7) is 6.90. The zero-order valence-corrected chi connectivity index (χ0v) is 21.1. The van der Waals surface area contributed by atoms with Crippen LogP contribution in [0, 0.1) is 0 Å². The molecule has 37 heavy (non-hydrogen) atoms. The SMILES string of the molecule is CCN(CC)CN(CCOc1ccc(C(=O)Nc2ccccc2N)cc1)C(=O)c1cc2ccccc2o1. The first-order chi connectivity index (χ1) is 18.0. The van der Waals surface area contributed by atoms with Gasteiger partial charge >= 0.3 is 0 Å². The van der Waals surface area contributed by atoms with E-state index in [1.165, 1.54) is 0 Å². The topological polar surface area (TPSA) is 101 Å². The van der Waals surface area contributed by atoms with Gasteiger partial charge in [0.05, 0.1) is 24.6 Å². The number of nitrogens with zero attached hydrogens (tertiary/aromatic N) is 2. The van der Waals surface area contributed by atoms with Crippen LogP contribution in [0.3, 0.4) is 0 Å². The lowest BCUT2D eigenvalue weighted by molar-refractivity contribution is 0.0571. The molecule has 1 aromatic heterocycles. The third kappa shape index (κ3) is 6.48. The third-order valence-electron chi connectivity index (χ3n) is 6.14. The van der Waals surface area contributed by atoms with Crippen molar-refractivity contribution in [1.29, 1.82) is 0 Å². The summed E-state index contributed by atoms with van der Waals surface area (Å²) in [5.41, 5.74) is 8.14. The minimum atomic E-state index is -0.258. The van der Waals surface area contributed by atoms with Gasteiger partial charge in [0.1, 0.15) is 17.9 Å². The van der Waals surface area contributed by atoms with E-state index in [2.05, 4.69) is 24.1 Å². The van der Waals surface area contributed by atoms with Crippen molar-refractivity contribution >= 4 is 34.2 Å². The van der Waals surface area contributed by atoms with Crippen molar-refractivity contribution in [2.24, 2.45) is 0 Å². The molecule has 0 aliphatic carbocycles. The molecule has 3 N–H and O–H groups in total. The van der Waals surface area contributed by atoms with Crippen LogP contribution in [0.2, 0.25) is 0 Å². The molecule has 0 unspecified atom stereocenters. The number of para-hydroxylation sites is 3. The summed E-state index contributed by atoms with van der Waals surface area (Å²) in [5, 5.41) is 3.70. The molecule has 0 aliphatic rings. The number of nitrogens with one attached hydrogen (secondary N) is 1. The molecular formula is C29H32N4O4. The second kappa shape index (κ2) is 12.1. The molecule has 8 nitrogen and oxygen atoms in total. The number of amides is 2. The molecule has 0 spiro atoms. The fourth-order valence-electron chi connectivity index (χ4n) is 3.93. The van der Waals surface area contributed by atoms with Crippen molar-refractivity contribution in [2.75, 3.05) is 44.0 Å². The van der Waals surface area contributed by atoms with E-state index in [0.29, 0.717) is 53.9 Å². The molecule has 4 aromatic rings. The van der Waals surface area contributed by atoms with Crippen molar-refractivity contribution in [3.05, 3.63) is 90.2 Å². The van der Waals surface area contributed by atoms with Gasteiger partial charge in [-0.3, -0.25) is 14.5 Å². The van der Waals surface area contributed by atoms with Crippen LogP contribution in [0.1, 0.15) is 34.8 Å². The molecule has 0 bridgehead atoms. The molecule has 3 aromatic carbocycles. The summed E-state index contributed by atoms with van der Waals surface area (Å²) in [5.74, 6) is 0.475. The van der Waals surface area contributed by atoms with E-state index in [0.717, 1.165) is 18.5 Å². The van der Waals surface area contributed by atoms with Crippen LogP contribution in [0.4, 0.5) is 11.4 Å². The molecule has 4 rings (SSSR count). The van der Waals surface area contributed by atoms with Crippen molar-refractivity contribution in [1.82, 2.24) is 9.80 Å². The fourth-order valence-corrected chi connectivity index (χ4v) is 3.93. The number of carbonyl (C=O) groups is 2. The minimum Gasteiger partial charge on any atom is -0.492 e. The highest BCUT2D eigenvalue weighted by atomic mass is 16.5. The Morgan fingerprint density at radius 3 is 2.35 bits per heavy atom. The lowest BCUT2D eigenvalue weighted by Gasteiger charge is -2.28. The molecule has 0 saturated heterocycles. The van der Waals surface area contributed by atoms with Crippen molar-refractivity contribution in [3.63, 3.8) is 0 Å². The smallest absolute Gasteiger partial charge is 0.290 e. The molecule has 0 atom stereocenters. The number of anilines is 2. The summed E-state index contributed by atoms with van der Waals surface area (Å²) in [4.78, 5) is 29.8. The van der Waals surface area contributed by atoms with Crippen LogP contribution in [-0.2, 0) is 0 Å². The van der Waals surface area contributed by atoms with E-state index in [9.17, 15) is 9.59 Å². The van der Waals surface area contributed by atoms with Gasteiger partial charge in [0.2, 0.25) is 0 Å². The Balaban J connectivity index is 1.38. The van der Waals surface area contributed by atoms with Gasteiger partial charge in [-0.2, -0.15) is 0 Å². The fraction of sp³-hybridized carbons (Fsp3) is 0.241. The predicted molar refractivity (Wildman–Crippen MR) is 146 cm³/mol. The van der Waals surface area contributed by atoms with E-state index in [-0.39, 0.29) is 11.8 Å². The summed E-state index contributed by atoms with van der Waals surface area (Å²) in [6, 6.07) is 23.3. The maximum absolute atomic E-state index is 13.3. The molecule has 0 radical (unpaired) electrons. The van der Waals surface area contributed by atoms with Gasteiger partial charge in [0, 0.05) is 10.9 Å². The Hall–Kier alpha value is -4.30. The first kappa shape index (κ1) is 25.8. The summed E-state index contributed by atoms with van der Waals surface area (Å²) < 4.78 is 11.7. The third-order valence-corrected chi connectivity index (χ3v) is 6.14. The standard InChI is InChI=1S/C29H32N4O4/c1-3-32(4-2)20-33(29(35)27-19-22-9-5-8-12-26(22)37-27)17-18-36-23-15-13-21(14-16-23)28(34)31-25-11-7-6-10-24(25)30/h5-16,19H,3-4,17-18,20,30H2,1-2H3,(H,31,34). The predicted octanol–water partition coefficient (Wildman–Crippen LogP) is 5.09. The summed E-state index contributed by atoms with van der Waals surface area (Å²) in [6.07, 6.45) is 0. The van der Waals surface area contributed by atoms with Crippen LogP contribution >= 0.6 is 0 Å². The number of hydrogen-bond acceptors (Lipinski definition) is 6. The van der Waals surface area contributed by atoms with Gasteiger partial charge in [0.15, 0.2) is 5.76 Å². The number of ether oxygens (including phenoxy) is 1. The van der Waals surface area contributed by atoms with Gasteiger partial charge in [-0.1, -0.05) is 44.2 Å². The van der Waals surface area contributed by atoms with Gasteiger partial charge in [-0.15, -0.1) is 0 Å². The largest absolute Gasteiger partial charge is 0.492 e. The number of furan rings is 1. The highest BCUT2D eigenvalue weighted by Gasteiger charge is 2.21. The van der Waals surface area contributed by atoms with Crippen molar-refractivity contribution in [3.8, 4) is 5.75 Å². The summed E-state index contributed by atoms with van der Waals surface area (Å²) >= 11 is 0. The zero-order valence-electron chi connectivity index (χ0n) is 21.1. The number of benzene rings is 3. The number of carbonyl (C=O) groups excluding carboxylic acids is 2. The van der Waals surface area contributed by atoms with Gasteiger partial charge in [-0.25, -0.2) is 0 Å². The normalized spacial score (nSPS) is 11.0. The van der Waals surface area contributed by atoms with Crippen LogP contribution in [-0.4, -0.2) is 54.5 Å². The molecule has 0 saturated carbocycles. The van der Waals surface area contributed by atoms with Gasteiger partial charge in [0.25, 0.3) is 11.8 Å².